The maximum Gasteiger partial charge on any atom is 0.269 e. The van der Waals surface area contributed by atoms with E-state index in [0.717, 1.165) is 16.7 Å². The summed E-state index contributed by atoms with van der Waals surface area (Å²) in [5.41, 5.74) is 3.24. The summed E-state index contributed by atoms with van der Waals surface area (Å²) in [6.45, 7) is 2.52. The molecule has 0 N–H and O–H groups in total. The number of fused-ring (bicyclic) bond motifs is 1. The van der Waals surface area contributed by atoms with E-state index in [0.29, 0.717) is 31.9 Å². The molecule has 1 aliphatic rings. The van der Waals surface area contributed by atoms with Crippen molar-refractivity contribution in [3.05, 3.63) is 76.6 Å². The summed E-state index contributed by atoms with van der Waals surface area (Å²) in [4.78, 5) is 35.6. The van der Waals surface area contributed by atoms with Crippen LogP contribution in [0, 0.1) is 10.1 Å². The Bertz CT molecular complexity index is 1070. The number of carbonyl (C=O) groups is 1. The maximum atomic E-state index is 12.5. The lowest BCUT2D eigenvalue weighted by atomic mass is 10.2. The molecular weight excluding hydrogens is 370 g/mol. The summed E-state index contributed by atoms with van der Waals surface area (Å²) in [5, 5.41) is 10.8. The van der Waals surface area contributed by atoms with E-state index in [9.17, 15) is 14.9 Å². The van der Waals surface area contributed by atoms with Crippen molar-refractivity contribution in [2.24, 2.45) is 0 Å². The molecule has 1 aliphatic heterocycles. The third-order valence-corrected chi connectivity index (χ3v) is 4.88. The van der Waals surface area contributed by atoms with Crippen molar-refractivity contribution in [3.8, 4) is 0 Å². The number of nitro groups is 1. The van der Waals surface area contributed by atoms with Crippen molar-refractivity contribution < 1.29 is 9.72 Å². The Kier molecular flexibility index (Phi) is 5.15. The van der Waals surface area contributed by atoms with Crippen LogP contribution in [0.3, 0.4) is 0 Å². The van der Waals surface area contributed by atoms with Crippen molar-refractivity contribution >= 4 is 34.4 Å². The highest BCUT2D eigenvalue weighted by Crippen LogP contribution is 2.20. The van der Waals surface area contributed by atoms with E-state index in [-0.39, 0.29) is 11.6 Å². The Balaban J connectivity index is 1.35. The van der Waals surface area contributed by atoms with Gasteiger partial charge in [-0.2, -0.15) is 0 Å². The molecule has 2 heterocycles. The summed E-state index contributed by atoms with van der Waals surface area (Å²) in [7, 11) is 0. The Morgan fingerprint density at radius 2 is 1.69 bits per heavy atom. The van der Waals surface area contributed by atoms with Crippen LogP contribution in [0.15, 0.2) is 60.8 Å². The summed E-state index contributed by atoms with van der Waals surface area (Å²) in [6, 6.07) is 14.1. The lowest BCUT2D eigenvalue weighted by Gasteiger charge is -2.35. The zero-order valence-electron chi connectivity index (χ0n) is 15.6. The Morgan fingerprint density at radius 3 is 2.38 bits per heavy atom. The molecular formula is C21H19N5O3. The van der Waals surface area contributed by atoms with Crippen LogP contribution in [0.4, 0.5) is 11.4 Å². The van der Waals surface area contributed by atoms with Crippen LogP contribution in [0.25, 0.3) is 17.1 Å². The number of hydrogen-bond acceptors (Lipinski definition) is 6. The highest BCUT2D eigenvalue weighted by Gasteiger charge is 2.20. The number of carbonyl (C=O) groups excluding carboxylic acids is 1. The first-order valence-electron chi connectivity index (χ1n) is 9.28. The molecule has 1 saturated heterocycles. The highest BCUT2D eigenvalue weighted by atomic mass is 16.6. The Morgan fingerprint density at radius 1 is 1.00 bits per heavy atom. The molecule has 0 aliphatic carbocycles. The second-order valence-corrected chi connectivity index (χ2v) is 6.70. The SMILES string of the molecule is O=C(/C=C/c1cnc2ccccc2n1)N1CCN(c2ccc([N+](=O)[O-])cc2)CC1. The van der Waals surface area contributed by atoms with Gasteiger partial charge in [-0.25, -0.2) is 4.98 Å². The molecule has 1 fully saturated rings. The maximum absolute atomic E-state index is 12.5. The number of benzene rings is 2. The molecule has 0 spiro atoms. The van der Waals surface area contributed by atoms with Crippen LogP contribution in [0.1, 0.15) is 5.69 Å². The number of non-ortho nitro benzene ring substituents is 1. The molecule has 8 nitrogen and oxygen atoms in total. The van der Waals surface area contributed by atoms with E-state index >= 15 is 0 Å². The van der Waals surface area contributed by atoms with Gasteiger partial charge >= 0.3 is 0 Å². The molecule has 8 heteroatoms. The highest BCUT2D eigenvalue weighted by molar-refractivity contribution is 5.92. The van der Waals surface area contributed by atoms with Gasteiger partial charge in [0.15, 0.2) is 0 Å². The van der Waals surface area contributed by atoms with E-state index in [1.807, 2.05) is 24.3 Å². The van der Waals surface area contributed by atoms with Gasteiger partial charge in [0.25, 0.3) is 5.69 Å². The van der Waals surface area contributed by atoms with Crippen molar-refractivity contribution in [3.63, 3.8) is 0 Å². The van der Waals surface area contributed by atoms with E-state index < -0.39 is 4.92 Å². The standard InChI is InChI=1S/C21H19N5O3/c27-21(10-5-16-15-22-19-3-1-2-4-20(19)23-16)25-13-11-24(12-14-25)17-6-8-18(9-7-17)26(28)29/h1-10,15H,11-14H2/b10-5+. The van der Waals surface area contributed by atoms with Gasteiger partial charge in [-0.1, -0.05) is 12.1 Å². The van der Waals surface area contributed by atoms with Gasteiger partial charge in [0.05, 0.1) is 27.8 Å². The molecule has 0 radical (unpaired) electrons. The second kappa shape index (κ2) is 8.05. The van der Waals surface area contributed by atoms with E-state index in [4.69, 9.17) is 0 Å². The van der Waals surface area contributed by atoms with Crippen LogP contribution in [0.2, 0.25) is 0 Å². The fraction of sp³-hybridized carbons (Fsp3) is 0.190. The summed E-state index contributed by atoms with van der Waals surface area (Å²) < 4.78 is 0. The first kappa shape index (κ1) is 18.5. The molecule has 3 aromatic rings. The lowest BCUT2D eigenvalue weighted by Crippen LogP contribution is -2.48. The topological polar surface area (TPSA) is 92.5 Å². The van der Waals surface area contributed by atoms with Crippen LogP contribution >= 0.6 is 0 Å². The third-order valence-electron chi connectivity index (χ3n) is 4.88. The zero-order chi connectivity index (χ0) is 20.2. The minimum absolute atomic E-state index is 0.0664. The molecule has 1 amide bonds. The lowest BCUT2D eigenvalue weighted by molar-refractivity contribution is -0.384. The quantitative estimate of drug-likeness (QED) is 0.387. The van der Waals surface area contributed by atoms with Gasteiger partial charge in [-0.05, 0) is 30.3 Å². The minimum Gasteiger partial charge on any atom is -0.368 e. The minimum atomic E-state index is -0.410. The summed E-state index contributed by atoms with van der Waals surface area (Å²) in [6.07, 6.45) is 4.86. The predicted octanol–water partition coefficient (Wildman–Crippen LogP) is 2.90. The first-order chi connectivity index (χ1) is 14.1. The second-order valence-electron chi connectivity index (χ2n) is 6.70. The molecule has 2 aromatic carbocycles. The number of amides is 1. The van der Waals surface area contributed by atoms with Crippen LogP contribution < -0.4 is 4.90 Å². The van der Waals surface area contributed by atoms with E-state index in [2.05, 4.69) is 14.9 Å². The largest absolute Gasteiger partial charge is 0.368 e. The number of nitrogens with zero attached hydrogens (tertiary/aromatic N) is 5. The van der Waals surface area contributed by atoms with Crippen LogP contribution in [0.5, 0.6) is 0 Å². The van der Waals surface area contributed by atoms with Crippen molar-refractivity contribution in [1.29, 1.82) is 0 Å². The number of piperazine rings is 1. The molecule has 1 aromatic heterocycles. The number of nitro benzene ring substituents is 1. The normalized spacial score (nSPS) is 14.5. The summed E-state index contributed by atoms with van der Waals surface area (Å²) >= 11 is 0. The molecule has 0 atom stereocenters. The molecule has 4 rings (SSSR count). The van der Waals surface area contributed by atoms with Crippen LogP contribution in [-0.2, 0) is 4.79 Å². The smallest absolute Gasteiger partial charge is 0.269 e. The molecule has 0 bridgehead atoms. The van der Waals surface area contributed by atoms with Crippen molar-refractivity contribution in [2.75, 3.05) is 31.1 Å². The van der Waals surface area contributed by atoms with E-state index in [1.165, 1.54) is 18.2 Å². The monoisotopic (exact) mass is 389 g/mol. The average Bonchev–Trinajstić information content (AvgIpc) is 2.77. The van der Waals surface area contributed by atoms with Gasteiger partial charge in [0.1, 0.15) is 0 Å². The van der Waals surface area contributed by atoms with Gasteiger partial charge in [0.2, 0.25) is 5.91 Å². The van der Waals surface area contributed by atoms with Gasteiger partial charge < -0.3 is 9.80 Å². The molecule has 0 unspecified atom stereocenters. The fourth-order valence-electron chi connectivity index (χ4n) is 3.28. The number of hydrogen-bond donors (Lipinski definition) is 0. The zero-order valence-corrected chi connectivity index (χ0v) is 15.6. The predicted molar refractivity (Wildman–Crippen MR) is 110 cm³/mol. The first-order valence-corrected chi connectivity index (χ1v) is 9.28. The van der Waals surface area contributed by atoms with Crippen LogP contribution in [-0.4, -0.2) is 51.9 Å². The number of para-hydroxylation sites is 2. The fourth-order valence-corrected chi connectivity index (χ4v) is 3.28. The Hall–Kier alpha value is -3.81. The van der Waals surface area contributed by atoms with Crippen molar-refractivity contribution in [2.45, 2.75) is 0 Å². The number of rotatable bonds is 4. The molecule has 29 heavy (non-hydrogen) atoms. The summed E-state index contributed by atoms with van der Waals surface area (Å²) in [5.74, 6) is -0.0664. The number of aromatic nitrogens is 2. The average molecular weight is 389 g/mol. The van der Waals surface area contributed by atoms with E-state index in [1.54, 1.807) is 29.3 Å². The van der Waals surface area contributed by atoms with Gasteiger partial charge in [-0.3, -0.25) is 19.9 Å². The van der Waals surface area contributed by atoms with Gasteiger partial charge in [-0.15, -0.1) is 0 Å². The van der Waals surface area contributed by atoms with Crippen molar-refractivity contribution in [1.82, 2.24) is 14.9 Å². The van der Waals surface area contributed by atoms with Gasteiger partial charge in [0, 0.05) is 50.1 Å². The Labute approximate surface area is 167 Å². The molecule has 0 saturated carbocycles. The number of anilines is 1. The molecule has 146 valence electrons. The third kappa shape index (κ3) is 4.21.